The van der Waals surface area contributed by atoms with Crippen LogP contribution in [0.15, 0.2) is 0 Å². The van der Waals surface area contributed by atoms with Crippen molar-refractivity contribution in [2.75, 3.05) is 45.9 Å². The van der Waals surface area contributed by atoms with Crippen LogP contribution in [0.25, 0.3) is 0 Å². The van der Waals surface area contributed by atoms with Crippen molar-refractivity contribution in [3.05, 3.63) is 0 Å². The fourth-order valence-electron chi connectivity index (χ4n) is 3.30. The van der Waals surface area contributed by atoms with Gasteiger partial charge >= 0.3 is 0 Å². The van der Waals surface area contributed by atoms with Crippen molar-refractivity contribution in [1.29, 1.82) is 0 Å². The minimum absolute atomic E-state index is 0.180. The number of hydrogen-bond donors (Lipinski definition) is 2. The second-order valence-corrected chi connectivity index (χ2v) is 6.28. The van der Waals surface area contributed by atoms with Crippen LogP contribution in [0.2, 0.25) is 0 Å². The summed E-state index contributed by atoms with van der Waals surface area (Å²) in [5, 5.41) is 12.1. The molecule has 0 bridgehead atoms. The molecule has 2 rings (SSSR count). The predicted octanol–water partition coefficient (Wildman–Crippen LogP) is 0.291. The Labute approximate surface area is 122 Å². The number of carbonyl (C=O) groups is 1. The third kappa shape index (κ3) is 4.72. The molecule has 5 nitrogen and oxygen atoms in total. The Morgan fingerprint density at radius 1 is 1.15 bits per heavy atom. The smallest absolute Gasteiger partial charge is 0.234 e. The summed E-state index contributed by atoms with van der Waals surface area (Å²) < 4.78 is 0. The lowest BCUT2D eigenvalue weighted by molar-refractivity contribution is -0.124. The average molecular weight is 283 g/mol. The number of nitrogens with zero attached hydrogens (tertiary/aromatic N) is 2. The van der Waals surface area contributed by atoms with Gasteiger partial charge in [0.25, 0.3) is 0 Å². The number of nitrogens with one attached hydrogen (secondary N) is 1. The summed E-state index contributed by atoms with van der Waals surface area (Å²) in [5.74, 6) is 0.799. The number of β-amino-alcohol motifs (C(OH)–C–C–N with tert-alkyl or cyclic N) is 1. The van der Waals surface area contributed by atoms with Gasteiger partial charge in [-0.1, -0.05) is 19.8 Å². The Balaban J connectivity index is 1.67. The van der Waals surface area contributed by atoms with Crippen LogP contribution in [0.5, 0.6) is 0 Å². The van der Waals surface area contributed by atoms with Crippen molar-refractivity contribution in [3.63, 3.8) is 0 Å². The van der Waals surface area contributed by atoms with Crippen LogP contribution < -0.4 is 5.32 Å². The van der Waals surface area contributed by atoms with Gasteiger partial charge in [-0.15, -0.1) is 0 Å². The van der Waals surface area contributed by atoms with E-state index in [1.54, 1.807) is 0 Å². The van der Waals surface area contributed by atoms with Gasteiger partial charge in [0.15, 0.2) is 0 Å². The van der Waals surface area contributed by atoms with E-state index in [0.717, 1.165) is 39.1 Å². The van der Waals surface area contributed by atoms with Crippen LogP contribution in [0.3, 0.4) is 0 Å². The quantitative estimate of drug-likeness (QED) is 0.761. The lowest BCUT2D eigenvalue weighted by atomic mass is 9.86. The molecule has 1 saturated carbocycles. The molecule has 1 amide bonds. The van der Waals surface area contributed by atoms with Gasteiger partial charge in [0.05, 0.1) is 13.2 Å². The monoisotopic (exact) mass is 283 g/mol. The van der Waals surface area contributed by atoms with Crippen molar-refractivity contribution in [2.24, 2.45) is 5.92 Å². The van der Waals surface area contributed by atoms with E-state index < -0.39 is 0 Å². The molecule has 2 atom stereocenters. The van der Waals surface area contributed by atoms with Crippen molar-refractivity contribution in [1.82, 2.24) is 15.1 Å². The van der Waals surface area contributed by atoms with E-state index in [2.05, 4.69) is 22.0 Å². The van der Waals surface area contributed by atoms with Gasteiger partial charge in [-0.2, -0.15) is 0 Å². The fraction of sp³-hybridized carbons (Fsp3) is 0.933. The minimum atomic E-state index is 0.180. The molecule has 0 unspecified atom stereocenters. The number of rotatable bonds is 5. The summed E-state index contributed by atoms with van der Waals surface area (Å²) >= 11 is 0. The summed E-state index contributed by atoms with van der Waals surface area (Å²) in [6.45, 7) is 7.50. The first kappa shape index (κ1) is 15.7. The average Bonchev–Trinajstić information content (AvgIpc) is 2.44. The normalized spacial score (nSPS) is 29.3. The summed E-state index contributed by atoms with van der Waals surface area (Å²) in [6, 6.07) is 0.381. The van der Waals surface area contributed by atoms with E-state index in [-0.39, 0.29) is 12.5 Å². The zero-order valence-corrected chi connectivity index (χ0v) is 12.7. The Morgan fingerprint density at radius 2 is 1.80 bits per heavy atom. The fourth-order valence-corrected chi connectivity index (χ4v) is 3.30. The predicted molar refractivity (Wildman–Crippen MR) is 79.5 cm³/mol. The number of amides is 1. The Morgan fingerprint density at radius 3 is 2.45 bits per heavy atom. The number of carbonyl (C=O) groups excluding carboxylic acids is 1. The topological polar surface area (TPSA) is 55.8 Å². The van der Waals surface area contributed by atoms with E-state index in [1.165, 1.54) is 19.3 Å². The van der Waals surface area contributed by atoms with Crippen LogP contribution in [0.4, 0.5) is 0 Å². The summed E-state index contributed by atoms with van der Waals surface area (Å²) in [6.07, 6.45) is 4.93. The van der Waals surface area contributed by atoms with Gasteiger partial charge < -0.3 is 10.4 Å². The highest BCUT2D eigenvalue weighted by Gasteiger charge is 2.24. The molecule has 0 aromatic carbocycles. The zero-order valence-electron chi connectivity index (χ0n) is 12.7. The maximum absolute atomic E-state index is 12.1. The van der Waals surface area contributed by atoms with Crippen LogP contribution >= 0.6 is 0 Å². The molecule has 2 aliphatic rings. The maximum atomic E-state index is 12.1. The number of aliphatic hydroxyl groups excluding tert-OH is 1. The molecule has 116 valence electrons. The zero-order chi connectivity index (χ0) is 14.4. The molecular weight excluding hydrogens is 254 g/mol. The molecule has 1 aliphatic heterocycles. The standard InChI is InChI=1S/C15H29N3O2/c1-13-4-2-3-5-14(13)16-15(20)12-18-8-6-17(7-9-18)10-11-19/h13-14,19H,2-12H2,1H3,(H,16,20)/t13-,14+/m0/s1. The molecular formula is C15H29N3O2. The summed E-state index contributed by atoms with van der Waals surface area (Å²) in [7, 11) is 0. The highest BCUT2D eigenvalue weighted by Crippen LogP contribution is 2.23. The lowest BCUT2D eigenvalue weighted by Crippen LogP contribution is -2.51. The molecule has 0 radical (unpaired) electrons. The minimum Gasteiger partial charge on any atom is -0.395 e. The third-order valence-electron chi connectivity index (χ3n) is 4.71. The molecule has 2 N–H and O–H groups in total. The third-order valence-corrected chi connectivity index (χ3v) is 4.71. The SMILES string of the molecule is C[C@H]1CCCC[C@H]1NC(=O)CN1CCN(CCO)CC1. The van der Waals surface area contributed by atoms with Crippen molar-refractivity contribution < 1.29 is 9.90 Å². The van der Waals surface area contributed by atoms with E-state index in [1.807, 2.05) is 0 Å². The van der Waals surface area contributed by atoms with E-state index in [0.29, 0.717) is 18.5 Å². The Hall–Kier alpha value is -0.650. The molecule has 0 aromatic heterocycles. The van der Waals surface area contributed by atoms with E-state index in [9.17, 15) is 4.79 Å². The van der Waals surface area contributed by atoms with Gasteiger partial charge in [-0.05, 0) is 18.8 Å². The largest absolute Gasteiger partial charge is 0.395 e. The summed E-state index contributed by atoms with van der Waals surface area (Å²) in [5.41, 5.74) is 0. The molecule has 0 aromatic rings. The van der Waals surface area contributed by atoms with E-state index in [4.69, 9.17) is 5.11 Å². The van der Waals surface area contributed by atoms with Crippen molar-refractivity contribution in [2.45, 2.75) is 38.6 Å². The molecule has 2 fully saturated rings. The van der Waals surface area contributed by atoms with Gasteiger partial charge in [0.2, 0.25) is 5.91 Å². The molecule has 5 heteroatoms. The first-order valence-corrected chi connectivity index (χ1v) is 8.04. The second kappa shape index (κ2) is 7.96. The Kier molecular flexibility index (Phi) is 6.26. The van der Waals surface area contributed by atoms with Crippen LogP contribution in [-0.4, -0.2) is 72.7 Å². The molecule has 1 heterocycles. The first-order chi connectivity index (χ1) is 9.69. The van der Waals surface area contributed by atoms with Crippen LogP contribution in [0.1, 0.15) is 32.6 Å². The van der Waals surface area contributed by atoms with Crippen LogP contribution in [0, 0.1) is 5.92 Å². The highest BCUT2D eigenvalue weighted by molar-refractivity contribution is 5.78. The van der Waals surface area contributed by atoms with Crippen molar-refractivity contribution in [3.8, 4) is 0 Å². The molecule has 1 aliphatic carbocycles. The second-order valence-electron chi connectivity index (χ2n) is 6.28. The lowest BCUT2D eigenvalue weighted by Gasteiger charge is -2.35. The molecule has 20 heavy (non-hydrogen) atoms. The molecule has 0 spiro atoms. The van der Waals surface area contributed by atoms with Gasteiger partial charge in [-0.3, -0.25) is 14.6 Å². The van der Waals surface area contributed by atoms with Gasteiger partial charge in [0, 0.05) is 38.8 Å². The summed E-state index contributed by atoms with van der Waals surface area (Å²) in [4.78, 5) is 16.6. The number of piperazine rings is 1. The van der Waals surface area contributed by atoms with E-state index >= 15 is 0 Å². The highest BCUT2D eigenvalue weighted by atomic mass is 16.3. The van der Waals surface area contributed by atoms with Gasteiger partial charge in [0.1, 0.15) is 0 Å². The van der Waals surface area contributed by atoms with Crippen LogP contribution in [-0.2, 0) is 4.79 Å². The number of hydrogen-bond acceptors (Lipinski definition) is 4. The Bertz CT molecular complexity index is 303. The first-order valence-electron chi connectivity index (χ1n) is 8.04. The van der Waals surface area contributed by atoms with Crippen molar-refractivity contribution >= 4 is 5.91 Å². The van der Waals surface area contributed by atoms with Gasteiger partial charge in [-0.25, -0.2) is 0 Å². The number of aliphatic hydroxyl groups is 1. The maximum Gasteiger partial charge on any atom is 0.234 e. The molecule has 1 saturated heterocycles.